The van der Waals surface area contributed by atoms with E-state index in [9.17, 15) is 105 Å². The molecule has 0 heterocycles. The van der Waals surface area contributed by atoms with Gasteiger partial charge in [0.25, 0.3) is 0 Å². The molecule has 0 spiro atoms. The Bertz CT molecular complexity index is 1180. The second-order valence-corrected chi connectivity index (χ2v) is 7.10. The van der Waals surface area contributed by atoms with Crippen molar-refractivity contribution < 1.29 is 110 Å². The summed E-state index contributed by atoms with van der Waals surface area (Å²) in [6.45, 7) is 0. The number of ether oxygens (including phenoxy) is 1. The topological polar surface area (TPSA) is 9.23 Å². The lowest BCUT2D eigenvalue weighted by Gasteiger charge is -2.42. The van der Waals surface area contributed by atoms with Crippen molar-refractivity contribution in [2.75, 3.05) is 0 Å². The second kappa shape index (κ2) is 9.83. The SMILES string of the molecule is FC(OC(F)(F)C(F)(F)C(F)(F)C(F)(F)C(F)(F)C(F)(F)C(F)(F)C(F)(F)F)=C(F)c1c(F)c(F)c(F)c(F)c1F. The molecule has 0 radical (unpaired) electrons. The Morgan fingerprint density at radius 1 is 0.390 bits per heavy atom. The van der Waals surface area contributed by atoms with Crippen molar-refractivity contribution in [3.05, 3.63) is 40.7 Å². The lowest BCUT2D eigenvalue weighted by Crippen LogP contribution is -2.74. The first-order chi connectivity index (χ1) is 17.7. The van der Waals surface area contributed by atoms with E-state index in [1.54, 1.807) is 4.74 Å². The van der Waals surface area contributed by atoms with Crippen molar-refractivity contribution in [3.63, 3.8) is 0 Å². The van der Waals surface area contributed by atoms with Crippen LogP contribution in [-0.2, 0) is 4.74 Å². The van der Waals surface area contributed by atoms with Gasteiger partial charge in [0.15, 0.2) is 23.3 Å². The second-order valence-electron chi connectivity index (χ2n) is 7.10. The van der Waals surface area contributed by atoms with Gasteiger partial charge in [0.2, 0.25) is 11.6 Å². The maximum Gasteiger partial charge on any atom is 0.472 e. The molecule has 25 heteroatoms. The van der Waals surface area contributed by atoms with Crippen LogP contribution in [0.2, 0.25) is 0 Å². The fourth-order valence-corrected chi connectivity index (χ4v) is 2.27. The summed E-state index contributed by atoms with van der Waals surface area (Å²) in [6.07, 6.45) is -16.1. The van der Waals surface area contributed by atoms with Crippen LogP contribution in [0.25, 0.3) is 5.83 Å². The maximum absolute atomic E-state index is 13.7. The summed E-state index contributed by atoms with van der Waals surface area (Å²) in [7, 11) is 0. The first-order valence-electron chi connectivity index (χ1n) is 8.69. The van der Waals surface area contributed by atoms with Gasteiger partial charge in [0.1, 0.15) is 0 Å². The van der Waals surface area contributed by atoms with E-state index < -0.39 is 94.3 Å². The van der Waals surface area contributed by atoms with Gasteiger partial charge in [-0.3, -0.25) is 0 Å². The minimum absolute atomic E-state index is 1.75. The lowest BCUT2D eigenvalue weighted by atomic mass is 9.90. The molecule has 1 aromatic carbocycles. The molecule has 0 atom stereocenters. The molecule has 1 nitrogen and oxygen atoms in total. The van der Waals surface area contributed by atoms with Gasteiger partial charge in [-0.2, -0.15) is 83.4 Å². The highest BCUT2D eigenvalue weighted by Crippen LogP contribution is 2.64. The van der Waals surface area contributed by atoms with Gasteiger partial charge < -0.3 is 4.74 Å². The smallest absolute Gasteiger partial charge is 0.399 e. The Morgan fingerprint density at radius 3 is 0.976 bits per heavy atom. The number of rotatable bonds is 9. The molecule has 0 N–H and O–H groups in total. The predicted octanol–water partition coefficient (Wildman–Crippen LogP) is 8.93. The average Bonchev–Trinajstić information content (AvgIpc) is 2.79. The molecular formula is C16F24O. The minimum Gasteiger partial charge on any atom is -0.399 e. The van der Waals surface area contributed by atoms with Gasteiger partial charge in [-0.05, 0) is 0 Å². The van der Waals surface area contributed by atoms with Crippen molar-refractivity contribution in [2.24, 2.45) is 0 Å². The van der Waals surface area contributed by atoms with Crippen LogP contribution in [0.5, 0.6) is 0 Å². The number of benzene rings is 1. The van der Waals surface area contributed by atoms with E-state index in [0.717, 1.165) is 0 Å². The molecule has 0 aliphatic carbocycles. The summed E-state index contributed by atoms with van der Waals surface area (Å²) in [4.78, 5) is 0. The average molecular weight is 664 g/mol. The number of hydrogen-bond donors (Lipinski definition) is 0. The van der Waals surface area contributed by atoms with E-state index in [2.05, 4.69) is 0 Å². The third-order valence-corrected chi connectivity index (χ3v) is 4.51. The molecule has 1 rings (SSSR count). The summed E-state index contributed by atoms with van der Waals surface area (Å²) in [5.41, 5.74) is -3.34. The first kappa shape index (κ1) is 36.1. The molecule has 0 aromatic heterocycles. The van der Waals surface area contributed by atoms with Crippen molar-refractivity contribution in [1.29, 1.82) is 0 Å². The van der Waals surface area contributed by atoms with Gasteiger partial charge in [0, 0.05) is 0 Å². The summed E-state index contributed by atoms with van der Waals surface area (Å²) < 4.78 is 317. The molecule has 0 fully saturated rings. The van der Waals surface area contributed by atoms with Gasteiger partial charge in [-0.25, -0.2) is 22.0 Å². The van der Waals surface area contributed by atoms with Gasteiger partial charge in [-0.15, -0.1) is 0 Å². The van der Waals surface area contributed by atoms with E-state index in [4.69, 9.17) is 0 Å². The fraction of sp³-hybridized carbons (Fsp3) is 0.500. The third kappa shape index (κ3) is 4.84. The van der Waals surface area contributed by atoms with Crippen molar-refractivity contribution >= 4 is 5.83 Å². The third-order valence-electron chi connectivity index (χ3n) is 4.51. The fourth-order valence-electron chi connectivity index (χ4n) is 2.27. The normalized spacial score (nSPS) is 15.7. The molecule has 0 saturated heterocycles. The Balaban J connectivity index is 3.75. The Hall–Kier alpha value is -2.92. The van der Waals surface area contributed by atoms with E-state index in [-0.39, 0.29) is 0 Å². The van der Waals surface area contributed by atoms with E-state index in [0.29, 0.717) is 0 Å². The zero-order valence-corrected chi connectivity index (χ0v) is 17.5. The summed E-state index contributed by atoms with van der Waals surface area (Å²) in [5.74, 6) is -74.0. The molecular weight excluding hydrogens is 664 g/mol. The molecule has 0 aliphatic heterocycles. The summed E-state index contributed by atoms with van der Waals surface area (Å²) >= 11 is 0. The highest BCUT2D eigenvalue weighted by molar-refractivity contribution is 5.61. The van der Waals surface area contributed by atoms with E-state index in [1.165, 1.54) is 0 Å². The van der Waals surface area contributed by atoms with Crippen LogP contribution in [0.15, 0.2) is 6.01 Å². The minimum atomic E-state index is -9.13. The maximum atomic E-state index is 13.7. The van der Waals surface area contributed by atoms with Crippen LogP contribution in [0.3, 0.4) is 0 Å². The highest BCUT2D eigenvalue weighted by atomic mass is 19.4. The van der Waals surface area contributed by atoms with Crippen molar-refractivity contribution in [1.82, 2.24) is 0 Å². The standard InChI is InChI=1S/C16F24O/c17-2-1(3(18)6(21)7(22)5(2)20)4(19)8(23)41-16(39,40)14(34,35)12(30,31)10(26,27)9(24,25)11(28,29)13(32,33)15(36,37)38. The Morgan fingerprint density at radius 2 is 0.659 bits per heavy atom. The predicted molar refractivity (Wildman–Crippen MR) is 77.1 cm³/mol. The monoisotopic (exact) mass is 664 g/mol. The van der Waals surface area contributed by atoms with Gasteiger partial charge >= 0.3 is 53.8 Å². The van der Waals surface area contributed by atoms with E-state index >= 15 is 0 Å². The van der Waals surface area contributed by atoms with Crippen LogP contribution < -0.4 is 0 Å². The Kier molecular flexibility index (Phi) is 8.66. The van der Waals surface area contributed by atoms with Crippen LogP contribution in [-0.4, -0.2) is 47.8 Å². The van der Waals surface area contributed by atoms with Crippen molar-refractivity contribution in [3.8, 4) is 0 Å². The molecule has 1 aromatic rings. The lowest BCUT2D eigenvalue weighted by molar-refractivity contribution is -0.476. The molecule has 0 bridgehead atoms. The zero-order chi connectivity index (χ0) is 33.3. The largest absolute Gasteiger partial charge is 0.472 e. The molecule has 0 aliphatic rings. The summed E-state index contributed by atoms with van der Waals surface area (Å²) in [6, 6.07) is -4.49. The molecule has 0 amide bonds. The van der Waals surface area contributed by atoms with Crippen molar-refractivity contribution in [2.45, 2.75) is 47.8 Å². The molecule has 238 valence electrons. The van der Waals surface area contributed by atoms with Gasteiger partial charge in [0.05, 0.1) is 5.56 Å². The van der Waals surface area contributed by atoms with Crippen LogP contribution >= 0.6 is 0 Å². The summed E-state index contributed by atoms with van der Waals surface area (Å²) in [5, 5.41) is 0. The highest BCUT2D eigenvalue weighted by Gasteiger charge is 2.95. The molecule has 0 saturated carbocycles. The van der Waals surface area contributed by atoms with Crippen LogP contribution in [0.4, 0.5) is 105 Å². The first-order valence-corrected chi connectivity index (χ1v) is 8.69. The van der Waals surface area contributed by atoms with E-state index in [1.807, 2.05) is 0 Å². The van der Waals surface area contributed by atoms with Crippen LogP contribution in [0.1, 0.15) is 5.56 Å². The molecule has 41 heavy (non-hydrogen) atoms. The number of hydrogen-bond acceptors (Lipinski definition) is 1. The number of halogens is 24. The molecule has 0 unspecified atom stereocenters. The van der Waals surface area contributed by atoms with Crippen LogP contribution in [0, 0.1) is 29.1 Å². The number of alkyl halides is 17. The Labute approximate surface area is 205 Å². The quantitative estimate of drug-likeness (QED) is 0.111. The van der Waals surface area contributed by atoms with Gasteiger partial charge in [-0.1, -0.05) is 0 Å². The zero-order valence-electron chi connectivity index (χ0n) is 17.5.